The van der Waals surface area contributed by atoms with Crippen LogP contribution in [0.25, 0.3) is 0 Å². The van der Waals surface area contributed by atoms with Gasteiger partial charge in [-0.2, -0.15) is 0 Å². The van der Waals surface area contributed by atoms with E-state index in [1.165, 1.54) is 6.07 Å². The molecule has 1 unspecified atom stereocenters. The van der Waals surface area contributed by atoms with Gasteiger partial charge in [-0.15, -0.1) is 0 Å². The van der Waals surface area contributed by atoms with Gasteiger partial charge in [-0.3, -0.25) is 4.79 Å². The Balaban J connectivity index is 2.55. The number of carboxylic acids is 1. The molecule has 0 saturated carbocycles. The molecule has 0 heterocycles. The molecule has 0 spiro atoms. The number of carbonyl (C=O) groups excluding carboxylic acids is 1. The molecule has 0 aliphatic rings. The molecule has 98 valence electrons. The molecule has 7 heteroatoms. The highest BCUT2D eigenvalue weighted by Gasteiger charge is 2.14. The number of aliphatic hydroxyl groups is 1. The topological polar surface area (TPSA) is 86.6 Å². The molecule has 0 bridgehead atoms. The van der Waals surface area contributed by atoms with Crippen molar-refractivity contribution >= 4 is 39.4 Å². The van der Waals surface area contributed by atoms with Crippen molar-refractivity contribution in [3.8, 4) is 0 Å². The van der Waals surface area contributed by atoms with Crippen LogP contribution in [0, 0.1) is 0 Å². The molecule has 0 aromatic heterocycles. The lowest BCUT2D eigenvalue weighted by molar-refractivity contribution is -0.146. The molecule has 0 saturated heterocycles. The van der Waals surface area contributed by atoms with Crippen molar-refractivity contribution in [2.75, 3.05) is 6.54 Å². The van der Waals surface area contributed by atoms with Crippen LogP contribution < -0.4 is 5.32 Å². The zero-order valence-corrected chi connectivity index (χ0v) is 11.5. The number of carbonyl (C=O) groups is 2. The SMILES string of the molecule is O=C(NCCC(O)C(=O)O)c1cc(Cl)ccc1Br. The minimum absolute atomic E-state index is 0.0563. The lowest BCUT2D eigenvalue weighted by atomic mass is 10.2. The first-order valence-electron chi connectivity index (χ1n) is 5.06. The van der Waals surface area contributed by atoms with Gasteiger partial charge in [0.05, 0.1) is 5.56 Å². The van der Waals surface area contributed by atoms with Gasteiger partial charge in [-0.05, 0) is 34.1 Å². The lowest BCUT2D eigenvalue weighted by Gasteiger charge is -2.08. The summed E-state index contributed by atoms with van der Waals surface area (Å²) in [6.07, 6.45) is -1.53. The average Bonchev–Trinajstić information content (AvgIpc) is 2.31. The Hall–Kier alpha value is -1.11. The summed E-state index contributed by atoms with van der Waals surface area (Å²) in [4.78, 5) is 22.1. The van der Waals surface area contributed by atoms with Gasteiger partial charge in [-0.25, -0.2) is 4.79 Å². The number of aliphatic carboxylic acids is 1. The summed E-state index contributed by atoms with van der Waals surface area (Å²) >= 11 is 8.98. The molecule has 0 radical (unpaired) electrons. The van der Waals surface area contributed by atoms with E-state index in [1.807, 2.05) is 0 Å². The highest BCUT2D eigenvalue weighted by Crippen LogP contribution is 2.20. The van der Waals surface area contributed by atoms with Crippen molar-refractivity contribution in [1.82, 2.24) is 5.32 Å². The quantitative estimate of drug-likeness (QED) is 0.763. The standard InChI is InChI=1S/C11H11BrClNO4/c12-8-2-1-6(13)5-7(8)10(16)14-4-3-9(15)11(17)18/h1-2,5,9,15H,3-4H2,(H,14,16)(H,17,18). The van der Waals surface area contributed by atoms with E-state index in [2.05, 4.69) is 21.2 Å². The Kier molecular flexibility index (Phi) is 5.58. The summed E-state index contributed by atoms with van der Waals surface area (Å²) in [5.74, 6) is -1.70. The molecule has 5 nitrogen and oxygen atoms in total. The van der Waals surface area contributed by atoms with Gasteiger partial charge in [0.15, 0.2) is 6.10 Å². The van der Waals surface area contributed by atoms with Crippen LogP contribution in [0.5, 0.6) is 0 Å². The van der Waals surface area contributed by atoms with Gasteiger partial charge in [0.25, 0.3) is 5.91 Å². The van der Waals surface area contributed by atoms with E-state index in [1.54, 1.807) is 12.1 Å². The number of benzene rings is 1. The van der Waals surface area contributed by atoms with E-state index < -0.39 is 12.1 Å². The number of rotatable bonds is 5. The maximum atomic E-state index is 11.7. The number of hydrogen-bond donors (Lipinski definition) is 3. The monoisotopic (exact) mass is 335 g/mol. The van der Waals surface area contributed by atoms with Crippen molar-refractivity contribution in [2.45, 2.75) is 12.5 Å². The highest BCUT2D eigenvalue weighted by atomic mass is 79.9. The fourth-order valence-electron chi connectivity index (χ4n) is 1.21. The third kappa shape index (κ3) is 4.29. The molecule has 1 amide bonds. The minimum atomic E-state index is -1.48. The van der Waals surface area contributed by atoms with E-state index in [0.717, 1.165) is 0 Å². The van der Waals surface area contributed by atoms with Gasteiger partial charge < -0.3 is 15.5 Å². The van der Waals surface area contributed by atoms with Crippen LogP contribution in [0.4, 0.5) is 0 Å². The Bertz CT molecular complexity index is 466. The van der Waals surface area contributed by atoms with Gasteiger partial charge >= 0.3 is 5.97 Å². The number of nitrogens with one attached hydrogen (secondary N) is 1. The van der Waals surface area contributed by atoms with Crippen LogP contribution >= 0.6 is 27.5 Å². The van der Waals surface area contributed by atoms with E-state index in [9.17, 15) is 9.59 Å². The number of hydrogen-bond acceptors (Lipinski definition) is 3. The molecule has 0 aliphatic heterocycles. The first-order valence-corrected chi connectivity index (χ1v) is 6.23. The zero-order chi connectivity index (χ0) is 13.7. The molecule has 0 aliphatic carbocycles. The Labute approximate surface area is 117 Å². The van der Waals surface area contributed by atoms with Crippen LogP contribution in [-0.4, -0.2) is 34.7 Å². The van der Waals surface area contributed by atoms with Crippen LogP contribution in [-0.2, 0) is 4.79 Å². The fourth-order valence-corrected chi connectivity index (χ4v) is 1.81. The molecular weight excluding hydrogens is 325 g/mol. The number of carboxylic acid groups (broad SMARTS) is 1. The van der Waals surface area contributed by atoms with E-state index in [0.29, 0.717) is 15.1 Å². The predicted octanol–water partition coefficient (Wildman–Crippen LogP) is 1.67. The molecule has 18 heavy (non-hydrogen) atoms. The Morgan fingerprint density at radius 1 is 1.44 bits per heavy atom. The average molecular weight is 337 g/mol. The van der Waals surface area contributed by atoms with Crippen molar-refractivity contribution in [1.29, 1.82) is 0 Å². The fraction of sp³-hybridized carbons (Fsp3) is 0.273. The molecule has 1 aromatic carbocycles. The molecule has 1 rings (SSSR count). The van der Waals surface area contributed by atoms with Gasteiger partial charge in [0.2, 0.25) is 0 Å². The van der Waals surface area contributed by atoms with Gasteiger partial charge in [0.1, 0.15) is 0 Å². The van der Waals surface area contributed by atoms with Gasteiger partial charge in [-0.1, -0.05) is 11.6 Å². The molecule has 3 N–H and O–H groups in total. The third-order valence-corrected chi connectivity index (χ3v) is 3.09. The summed E-state index contributed by atoms with van der Waals surface area (Å²) < 4.78 is 0.586. The summed E-state index contributed by atoms with van der Waals surface area (Å²) in [6.45, 7) is 0.0608. The van der Waals surface area contributed by atoms with E-state index >= 15 is 0 Å². The molecule has 0 fully saturated rings. The summed E-state index contributed by atoms with van der Waals surface area (Å²) in [7, 11) is 0. The maximum Gasteiger partial charge on any atom is 0.332 e. The third-order valence-electron chi connectivity index (χ3n) is 2.16. The van der Waals surface area contributed by atoms with Crippen molar-refractivity contribution in [3.05, 3.63) is 33.3 Å². The van der Waals surface area contributed by atoms with Crippen LogP contribution in [0.1, 0.15) is 16.8 Å². The molecule has 1 aromatic rings. The number of halogens is 2. The summed E-state index contributed by atoms with van der Waals surface area (Å²) in [5.41, 5.74) is 0.354. The van der Waals surface area contributed by atoms with E-state index in [4.69, 9.17) is 21.8 Å². The maximum absolute atomic E-state index is 11.7. The van der Waals surface area contributed by atoms with Crippen molar-refractivity contribution in [3.63, 3.8) is 0 Å². The van der Waals surface area contributed by atoms with Gasteiger partial charge in [0, 0.05) is 22.5 Å². The van der Waals surface area contributed by atoms with Crippen molar-refractivity contribution in [2.24, 2.45) is 0 Å². The first kappa shape index (κ1) is 14.9. The highest BCUT2D eigenvalue weighted by molar-refractivity contribution is 9.10. The lowest BCUT2D eigenvalue weighted by Crippen LogP contribution is -2.30. The minimum Gasteiger partial charge on any atom is -0.479 e. The number of aliphatic hydroxyl groups excluding tert-OH is 1. The van der Waals surface area contributed by atoms with Crippen LogP contribution in [0.15, 0.2) is 22.7 Å². The summed E-state index contributed by atoms with van der Waals surface area (Å²) in [5, 5.41) is 20.4. The zero-order valence-electron chi connectivity index (χ0n) is 9.19. The Morgan fingerprint density at radius 2 is 2.11 bits per heavy atom. The summed E-state index contributed by atoms with van der Waals surface area (Å²) in [6, 6.07) is 4.77. The molecule has 1 atom stereocenters. The van der Waals surface area contributed by atoms with Crippen LogP contribution in [0.3, 0.4) is 0 Å². The number of amides is 1. The largest absolute Gasteiger partial charge is 0.479 e. The second-order valence-corrected chi connectivity index (χ2v) is 4.81. The smallest absolute Gasteiger partial charge is 0.332 e. The predicted molar refractivity (Wildman–Crippen MR) is 69.7 cm³/mol. The van der Waals surface area contributed by atoms with Crippen molar-refractivity contribution < 1.29 is 19.8 Å². The molecular formula is C11H11BrClNO4. The Morgan fingerprint density at radius 3 is 2.72 bits per heavy atom. The normalized spacial score (nSPS) is 11.9. The second kappa shape index (κ2) is 6.72. The van der Waals surface area contributed by atoms with E-state index in [-0.39, 0.29) is 18.9 Å². The second-order valence-electron chi connectivity index (χ2n) is 3.52. The first-order chi connectivity index (χ1) is 8.41. The van der Waals surface area contributed by atoms with Crippen LogP contribution in [0.2, 0.25) is 5.02 Å².